The lowest BCUT2D eigenvalue weighted by molar-refractivity contribution is -0.139. The molecule has 0 saturated carbocycles. The van der Waals surface area contributed by atoms with Crippen molar-refractivity contribution in [2.75, 3.05) is 13.2 Å². The molecule has 1 atom stereocenters. The molecule has 4 N–H and O–H groups in total. The zero-order valence-corrected chi connectivity index (χ0v) is 22.8. The van der Waals surface area contributed by atoms with Crippen molar-refractivity contribution in [3.8, 4) is 16.2 Å². The van der Waals surface area contributed by atoms with Gasteiger partial charge in [0.2, 0.25) is 0 Å². The number of aromatic nitrogens is 1. The van der Waals surface area contributed by atoms with Crippen LogP contribution in [0.4, 0.5) is 26.3 Å². The third kappa shape index (κ3) is 9.28. The van der Waals surface area contributed by atoms with Crippen molar-refractivity contribution < 1.29 is 50.0 Å². The number of phosphoric acid groups is 1. The van der Waals surface area contributed by atoms with Gasteiger partial charge in [0.05, 0.1) is 34.8 Å². The van der Waals surface area contributed by atoms with E-state index in [2.05, 4.69) is 9.51 Å². The van der Waals surface area contributed by atoms with Crippen LogP contribution in [0.5, 0.6) is 5.75 Å². The Bertz CT molecular complexity index is 1320. The number of rotatable bonds is 12. The first-order chi connectivity index (χ1) is 18.5. The van der Waals surface area contributed by atoms with E-state index in [1.54, 1.807) is 0 Å². The molecule has 220 valence electrons. The summed E-state index contributed by atoms with van der Waals surface area (Å²) in [5.74, 6) is -0.345. The molecular weight excluding hydrogens is 585 g/mol. The average Bonchev–Trinajstić information content (AvgIpc) is 3.35. The van der Waals surface area contributed by atoms with Gasteiger partial charge in [0.15, 0.2) is 0 Å². The van der Waals surface area contributed by atoms with E-state index in [0.29, 0.717) is 30.6 Å². The molecule has 0 spiro atoms. The van der Waals surface area contributed by atoms with Crippen LogP contribution < -0.4 is 10.5 Å². The number of nitrogens with zero attached hydrogens (tertiary/aromatic N) is 1. The Hall–Kier alpha value is -2.48. The molecule has 3 aromatic rings. The highest BCUT2D eigenvalue weighted by molar-refractivity contribution is 7.46. The quantitative estimate of drug-likeness (QED) is 0.116. The molecule has 0 radical (unpaired) electrons. The van der Waals surface area contributed by atoms with Gasteiger partial charge >= 0.3 is 20.2 Å². The molecule has 0 amide bonds. The van der Waals surface area contributed by atoms with Gasteiger partial charge in [0, 0.05) is 6.20 Å². The summed E-state index contributed by atoms with van der Waals surface area (Å²) in [6.07, 6.45) is -5.57. The summed E-state index contributed by atoms with van der Waals surface area (Å²) >= 11 is 0.963. The third-order valence-electron chi connectivity index (χ3n) is 5.74. The number of alkyl halides is 6. The molecule has 2 aromatic carbocycles. The highest BCUT2D eigenvalue weighted by atomic mass is 32.1. The molecule has 7 nitrogen and oxygen atoms in total. The van der Waals surface area contributed by atoms with Gasteiger partial charge in [-0.15, -0.1) is 11.3 Å². The molecule has 1 aromatic heterocycles. The average molecular weight is 613 g/mol. The van der Waals surface area contributed by atoms with E-state index >= 15 is 0 Å². The Labute approximate surface area is 230 Å². The minimum absolute atomic E-state index is 0.0191. The molecular formula is C25H27F6N2O5PS. The second-order valence-corrected chi connectivity index (χ2v) is 11.5. The Morgan fingerprint density at radius 1 is 0.975 bits per heavy atom. The molecule has 15 heteroatoms. The molecule has 0 fully saturated rings. The maximum atomic E-state index is 13.8. The van der Waals surface area contributed by atoms with E-state index in [1.165, 1.54) is 37.4 Å². The van der Waals surface area contributed by atoms with Gasteiger partial charge in [0.25, 0.3) is 0 Å². The zero-order chi connectivity index (χ0) is 29.8. The molecule has 1 heterocycles. The number of ether oxygens (including phenoxy) is 1. The summed E-state index contributed by atoms with van der Waals surface area (Å²) in [4.78, 5) is 22.2. The second kappa shape index (κ2) is 12.6. The fourth-order valence-corrected chi connectivity index (χ4v) is 5.03. The molecule has 0 aliphatic heterocycles. The summed E-state index contributed by atoms with van der Waals surface area (Å²) < 4.78 is 100. The van der Waals surface area contributed by atoms with Gasteiger partial charge in [-0.1, -0.05) is 12.1 Å². The van der Waals surface area contributed by atoms with Gasteiger partial charge < -0.3 is 20.3 Å². The topological polar surface area (TPSA) is 115 Å². The van der Waals surface area contributed by atoms with Gasteiger partial charge in [-0.2, -0.15) is 26.3 Å². The Morgan fingerprint density at radius 3 is 2.25 bits per heavy atom. The van der Waals surface area contributed by atoms with Gasteiger partial charge in [0.1, 0.15) is 10.8 Å². The van der Waals surface area contributed by atoms with Crippen LogP contribution in [0.2, 0.25) is 0 Å². The Balaban J connectivity index is 1.59. The number of halogens is 6. The summed E-state index contributed by atoms with van der Waals surface area (Å²) in [6, 6.07) is 8.42. The number of thiazole rings is 1. The largest absolute Gasteiger partial charge is 0.493 e. The first kappa shape index (κ1) is 32.0. The van der Waals surface area contributed by atoms with Crippen LogP contribution in [0.3, 0.4) is 0 Å². The van der Waals surface area contributed by atoms with Crippen molar-refractivity contribution in [2.24, 2.45) is 5.73 Å². The van der Waals surface area contributed by atoms with Crippen LogP contribution in [0.1, 0.15) is 47.9 Å². The Kier molecular flexibility index (Phi) is 10.1. The minimum atomic E-state index is -4.78. The number of nitrogens with two attached hydrogens (primary N) is 1. The number of unbranched alkanes of at least 4 members (excludes halogenated alkanes) is 2. The lowest BCUT2D eigenvalue weighted by Gasteiger charge is -2.21. The van der Waals surface area contributed by atoms with E-state index in [0.717, 1.165) is 35.1 Å². The Morgan fingerprint density at radius 2 is 1.65 bits per heavy atom. The fraction of sp³-hybridized carbons (Fsp3) is 0.400. The standard InChI is InChI=1S/C25H27F6N2O5PS/c1-23(32,15-38-39(34,35)36)22-33-14-21(40-22)17-8-11-20(19(13-17)25(29,30)31)37-12-4-2-3-5-16-6-9-18(10-7-16)24(26,27)28/h6-11,13-14H,2-5,12,15,32H2,1H3,(H2,34,35,36)/t23-/m0/s1. The monoisotopic (exact) mass is 612 g/mol. The van der Waals surface area contributed by atoms with Crippen molar-refractivity contribution in [1.29, 1.82) is 0 Å². The van der Waals surface area contributed by atoms with Crippen LogP contribution in [0.15, 0.2) is 48.7 Å². The SMILES string of the molecule is C[C@](N)(COP(=O)(O)O)c1ncc(-c2ccc(OCCCCCc3ccc(C(F)(F)F)cc3)c(C(F)(F)F)c2)s1. The van der Waals surface area contributed by atoms with Crippen LogP contribution >= 0.6 is 19.2 Å². The van der Waals surface area contributed by atoms with Crippen LogP contribution in [0, 0.1) is 0 Å². The minimum Gasteiger partial charge on any atom is -0.493 e. The third-order valence-corrected chi connectivity index (χ3v) is 7.54. The summed E-state index contributed by atoms with van der Waals surface area (Å²) in [5, 5.41) is 0.209. The molecule has 0 saturated heterocycles. The van der Waals surface area contributed by atoms with Crippen molar-refractivity contribution >= 4 is 19.2 Å². The number of hydrogen-bond acceptors (Lipinski definition) is 6. The molecule has 0 aliphatic rings. The predicted molar refractivity (Wildman–Crippen MR) is 137 cm³/mol. The summed E-state index contributed by atoms with van der Waals surface area (Å²) in [7, 11) is -4.78. The van der Waals surface area contributed by atoms with Crippen molar-refractivity contribution in [3.05, 3.63) is 70.4 Å². The maximum Gasteiger partial charge on any atom is 0.469 e. The van der Waals surface area contributed by atoms with Gasteiger partial charge in [-0.25, -0.2) is 9.55 Å². The zero-order valence-electron chi connectivity index (χ0n) is 21.1. The van der Waals surface area contributed by atoms with E-state index < -0.39 is 43.4 Å². The molecule has 0 aliphatic carbocycles. The van der Waals surface area contributed by atoms with Crippen molar-refractivity contribution in [1.82, 2.24) is 4.98 Å². The van der Waals surface area contributed by atoms with Crippen molar-refractivity contribution in [2.45, 2.75) is 50.5 Å². The smallest absolute Gasteiger partial charge is 0.469 e. The summed E-state index contributed by atoms with van der Waals surface area (Å²) in [5.41, 5.74) is 3.88. The highest BCUT2D eigenvalue weighted by Gasteiger charge is 2.35. The van der Waals surface area contributed by atoms with Gasteiger partial charge in [-0.3, -0.25) is 4.52 Å². The lowest BCUT2D eigenvalue weighted by Crippen LogP contribution is -2.37. The summed E-state index contributed by atoms with van der Waals surface area (Å²) in [6.45, 7) is 0.882. The number of benzene rings is 2. The van der Waals surface area contributed by atoms with E-state index in [-0.39, 0.29) is 22.9 Å². The van der Waals surface area contributed by atoms with Crippen molar-refractivity contribution in [3.63, 3.8) is 0 Å². The normalized spacial score (nSPS) is 14.2. The first-order valence-corrected chi connectivity index (χ1v) is 14.3. The van der Waals surface area contributed by atoms with Gasteiger partial charge in [-0.05, 0) is 74.1 Å². The molecule has 0 bridgehead atoms. The second-order valence-electron chi connectivity index (χ2n) is 9.27. The first-order valence-electron chi connectivity index (χ1n) is 11.9. The van der Waals surface area contributed by atoms with E-state index in [1.807, 2.05) is 0 Å². The van der Waals surface area contributed by atoms with Crippen LogP contribution in [-0.4, -0.2) is 28.0 Å². The molecule has 3 rings (SSSR count). The molecule has 40 heavy (non-hydrogen) atoms. The predicted octanol–water partition coefficient (Wildman–Crippen LogP) is 6.92. The maximum absolute atomic E-state index is 13.8. The number of phosphoric ester groups is 1. The van der Waals surface area contributed by atoms with Crippen LogP contribution in [-0.2, 0) is 33.4 Å². The van der Waals surface area contributed by atoms with E-state index in [4.69, 9.17) is 20.3 Å². The van der Waals surface area contributed by atoms with Crippen LogP contribution in [0.25, 0.3) is 10.4 Å². The fourth-order valence-electron chi connectivity index (χ4n) is 3.63. The molecule has 0 unspecified atom stereocenters. The van der Waals surface area contributed by atoms with E-state index in [9.17, 15) is 30.9 Å². The number of aryl methyl sites for hydroxylation is 1. The lowest BCUT2D eigenvalue weighted by atomic mass is 10.1. The highest BCUT2D eigenvalue weighted by Crippen LogP contribution is 2.42. The number of hydrogen-bond donors (Lipinski definition) is 3.